The van der Waals surface area contributed by atoms with Gasteiger partial charge >= 0.3 is 0 Å². The van der Waals surface area contributed by atoms with Gasteiger partial charge in [-0.1, -0.05) is 29.3 Å². The number of rotatable bonds is 1. The molecule has 0 amide bonds. The summed E-state index contributed by atoms with van der Waals surface area (Å²) in [4.78, 5) is 3.82. The highest BCUT2D eigenvalue weighted by Gasteiger charge is 2.07. The zero-order valence-corrected chi connectivity index (χ0v) is 8.00. The van der Waals surface area contributed by atoms with Gasteiger partial charge < -0.3 is 0 Å². The quantitative estimate of drug-likeness (QED) is 0.730. The normalized spacial score (nSPS) is 10.3. The minimum absolute atomic E-state index is 0.554. The molecule has 0 radical (unpaired) electrons. The molecule has 1 aromatic heterocycles. The van der Waals surface area contributed by atoms with Crippen molar-refractivity contribution in [3.63, 3.8) is 0 Å². The summed E-state index contributed by atoms with van der Waals surface area (Å²) in [7, 11) is 0. The van der Waals surface area contributed by atoms with E-state index in [1.807, 2.05) is 0 Å². The fourth-order valence-electron chi connectivity index (χ4n) is 1.03. The summed E-state index contributed by atoms with van der Waals surface area (Å²) in [6, 6.07) is 5.29. The zero-order chi connectivity index (χ0) is 9.26. The maximum Gasteiger partial charge on any atom is 0.138 e. The molecule has 0 unspecified atom stereocenters. The van der Waals surface area contributed by atoms with E-state index in [4.69, 9.17) is 23.2 Å². The van der Waals surface area contributed by atoms with Crippen LogP contribution in [-0.4, -0.2) is 14.8 Å². The first-order valence-corrected chi connectivity index (χ1v) is 4.33. The molecule has 0 atom stereocenters. The summed E-state index contributed by atoms with van der Waals surface area (Å²) >= 11 is 11.9. The highest BCUT2D eigenvalue weighted by atomic mass is 35.5. The van der Waals surface area contributed by atoms with Crippen molar-refractivity contribution in [3.05, 3.63) is 40.9 Å². The van der Waals surface area contributed by atoms with Crippen LogP contribution in [0.15, 0.2) is 30.9 Å². The molecular weight excluding hydrogens is 209 g/mol. The Bertz CT molecular complexity index is 391. The largest absolute Gasteiger partial charge is 0.223 e. The summed E-state index contributed by atoms with van der Waals surface area (Å²) in [6.45, 7) is 0. The molecule has 2 rings (SSSR count). The maximum absolute atomic E-state index is 5.95. The van der Waals surface area contributed by atoms with Gasteiger partial charge in [0.2, 0.25) is 0 Å². The smallest absolute Gasteiger partial charge is 0.138 e. The third kappa shape index (κ3) is 1.53. The second kappa shape index (κ2) is 3.36. The van der Waals surface area contributed by atoms with Crippen molar-refractivity contribution in [2.24, 2.45) is 0 Å². The van der Waals surface area contributed by atoms with Gasteiger partial charge in [-0.3, -0.25) is 0 Å². The Morgan fingerprint density at radius 2 is 1.85 bits per heavy atom. The minimum Gasteiger partial charge on any atom is -0.223 e. The Kier molecular flexibility index (Phi) is 2.20. The first-order valence-electron chi connectivity index (χ1n) is 3.58. The number of hydrogen-bond donors (Lipinski definition) is 0. The second-order valence-corrected chi connectivity index (χ2v) is 3.22. The van der Waals surface area contributed by atoms with E-state index in [0.717, 1.165) is 0 Å². The molecule has 66 valence electrons. The van der Waals surface area contributed by atoms with E-state index in [1.165, 1.54) is 11.0 Å². The van der Waals surface area contributed by atoms with E-state index in [2.05, 4.69) is 10.1 Å². The molecule has 0 N–H and O–H groups in total. The number of benzene rings is 1. The van der Waals surface area contributed by atoms with Crippen LogP contribution in [0.2, 0.25) is 10.0 Å². The molecule has 0 saturated carbocycles. The number of hydrogen-bond acceptors (Lipinski definition) is 2. The lowest BCUT2D eigenvalue weighted by atomic mass is 10.3. The van der Waals surface area contributed by atoms with Crippen molar-refractivity contribution in [3.8, 4) is 5.69 Å². The van der Waals surface area contributed by atoms with Gasteiger partial charge in [0, 0.05) is 0 Å². The van der Waals surface area contributed by atoms with E-state index in [9.17, 15) is 0 Å². The first-order chi connectivity index (χ1) is 6.29. The van der Waals surface area contributed by atoms with Gasteiger partial charge in [-0.2, -0.15) is 5.10 Å². The summed E-state index contributed by atoms with van der Waals surface area (Å²) < 4.78 is 1.53. The molecule has 13 heavy (non-hydrogen) atoms. The van der Waals surface area contributed by atoms with E-state index < -0.39 is 0 Å². The van der Waals surface area contributed by atoms with Crippen molar-refractivity contribution in [2.45, 2.75) is 0 Å². The predicted molar refractivity (Wildman–Crippen MR) is 51.4 cm³/mol. The van der Waals surface area contributed by atoms with E-state index in [1.54, 1.807) is 24.5 Å². The summed E-state index contributed by atoms with van der Waals surface area (Å²) in [5, 5.41) is 5.05. The van der Waals surface area contributed by atoms with Gasteiger partial charge in [-0.25, -0.2) is 9.67 Å². The van der Waals surface area contributed by atoms with Gasteiger partial charge in [0.1, 0.15) is 18.3 Å². The monoisotopic (exact) mass is 213 g/mol. The number of para-hydroxylation sites is 1. The second-order valence-electron chi connectivity index (χ2n) is 2.41. The van der Waals surface area contributed by atoms with Crippen LogP contribution in [0, 0.1) is 0 Å². The Hall–Kier alpha value is -1.06. The van der Waals surface area contributed by atoms with E-state index in [-0.39, 0.29) is 0 Å². The Morgan fingerprint density at radius 3 is 2.38 bits per heavy atom. The topological polar surface area (TPSA) is 30.7 Å². The molecule has 2 aromatic rings. The average molecular weight is 214 g/mol. The summed E-state index contributed by atoms with van der Waals surface area (Å²) in [5.74, 6) is 0. The molecule has 0 aliphatic rings. The van der Waals surface area contributed by atoms with Crippen LogP contribution in [0.4, 0.5) is 0 Å². The molecular formula is C8H5Cl2N3. The number of nitrogens with zero attached hydrogens (tertiary/aromatic N) is 3. The number of aromatic nitrogens is 3. The highest BCUT2D eigenvalue weighted by molar-refractivity contribution is 6.37. The molecule has 0 aliphatic carbocycles. The van der Waals surface area contributed by atoms with E-state index in [0.29, 0.717) is 15.7 Å². The molecule has 3 nitrogen and oxygen atoms in total. The van der Waals surface area contributed by atoms with Crippen molar-refractivity contribution < 1.29 is 0 Å². The molecule has 1 aromatic carbocycles. The average Bonchev–Trinajstić information content (AvgIpc) is 2.57. The van der Waals surface area contributed by atoms with E-state index >= 15 is 0 Å². The summed E-state index contributed by atoms with van der Waals surface area (Å²) in [5.41, 5.74) is 0.656. The predicted octanol–water partition coefficient (Wildman–Crippen LogP) is 2.57. The van der Waals surface area contributed by atoms with Crippen LogP contribution in [0.5, 0.6) is 0 Å². The fourth-order valence-corrected chi connectivity index (χ4v) is 1.60. The van der Waals surface area contributed by atoms with Crippen molar-refractivity contribution in [2.75, 3.05) is 0 Å². The maximum atomic E-state index is 5.95. The lowest BCUT2D eigenvalue weighted by Gasteiger charge is -2.04. The molecule has 0 spiro atoms. The fraction of sp³-hybridized carbons (Fsp3) is 0. The first kappa shape index (κ1) is 8.53. The van der Waals surface area contributed by atoms with Crippen LogP contribution in [0.3, 0.4) is 0 Å². The standard InChI is InChI=1S/C8H5Cl2N3/c9-6-2-1-3-7(10)8(6)13-5-11-4-12-13/h1-5H. The van der Waals surface area contributed by atoms with Crippen LogP contribution < -0.4 is 0 Å². The molecule has 0 fully saturated rings. The van der Waals surface area contributed by atoms with Crippen LogP contribution in [-0.2, 0) is 0 Å². The van der Waals surface area contributed by atoms with Crippen LogP contribution in [0.1, 0.15) is 0 Å². The SMILES string of the molecule is Clc1cccc(Cl)c1-n1cncn1. The van der Waals surface area contributed by atoms with Crippen LogP contribution in [0.25, 0.3) is 5.69 Å². The lowest BCUT2D eigenvalue weighted by Crippen LogP contribution is -1.96. The Labute approximate surface area is 84.9 Å². The van der Waals surface area contributed by atoms with Gasteiger partial charge in [-0.15, -0.1) is 0 Å². The molecule has 1 heterocycles. The van der Waals surface area contributed by atoms with Crippen molar-refractivity contribution in [1.29, 1.82) is 0 Å². The lowest BCUT2D eigenvalue weighted by molar-refractivity contribution is 0.879. The van der Waals surface area contributed by atoms with Crippen molar-refractivity contribution >= 4 is 23.2 Å². The minimum atomic E-state index is 0.554. The number of halogens is 2. The highest BCUT2D eigenvalue weighted by Crippen LogP contribution is 2.26. The third-order valence-corrected chi connectivity index (χ3v) is 2.20. The van der Waals surface area contributed by atoms with Gasteiger partial charge in [0.25, 0.3) is 0 Å². The Morgan fingerprint density at radius 1 is 1.15 bits per heavy atom. The van der Waals surface area contributed by atoms with Crippen LogP contribution >= 0.6 is 23.2 Å². The third-order valence-electron chi connectivity index (χ3n) is 1.59. The summed E-state index contributed by atoms with van der Waals surface area (Å²) in [6.07, 6.45) is 2.98. The Balaban J connectivity index is 2.64. The van der Waals surface area contributed by atoms with Gasteiger partial charge in [0.05, 0.1) is 10.0 Å². The zero-order valence-electron chi connectivity index (χ0n) is 6.48. The molecule has 0 aliphatic heterocycles. The van der Waals surface area contributed by atoms with Crippen molar-refractivity contribution in [1.82, 2.24) is 14.8 Å². The molecule has 0 saturated heterocycles. The molecule has 5 heteroatoms. The van der Waals surface area contributed by atoms with Gasteiger partial charge in [0.15, 0.2) is 0 Å². The molecule has 0 bridgehead atoms. The van der Waals surface area contributed by atoms with Gasteiger partial charge in [-0.05, 0) is 12.1 Å².